The van der Waals surface area contributed by atoms with Crippen molar-refractivity contribution < 1.29 is 18.7 Å². The van der Waals surface area contributed by atoms with Crippen LogP contribution in [0.4, 0.5) is 28.4 Å². The van der Waals surface area contributed by atoms with E-state index in [2.05, 4.69) is 47.2 Å². The SMILES string of the molecule is [C-]#[N+]C(=Cc1ccc(N(c2ccc(C=Cc3cc4ccc(N(CC)CC)cc4oc3=O)cc2)c2ccc(C=Cc3cc4ccc(N(CC)CC)cc4oc3=O)cc2)cc1)C(=O)O. The molecule has 0 spiro atoms. The summed E-state index contributed by atoms with van der Waals surface area (Å²) in [5.41, 5.74) is 7.58. The molecule has 0 saturated heterocycles. The van der Waals surface area contributed by atoms with Crippen molar-refractivity contribution in [1.29, 1.82) is 0 Å². The van der Waals surface area contributed by atoms with Crippen molar-refractivity contribution in [3.8, 4) is 0 Å². The van der Waals surface area contributed by atoms with Crippen molar-refractivity contribution >= 4 is 86.7 Å². The standard InChI is InChI=1S/C52H46N4O6/c1-6-54(7-2)45-28-20-38-31-40(51(59)61-48(38)33-45)18-10-35-12-22-42(23-13-35)56(44-26-16-37(17-27-44)30-47(53-5)50(57)58)43-24-14-36(15-25-43)11-19-41-32-39-21-29-46(55(8-3)9-4)34-49(39)62-52(41)60/h10-34H,6-9H2,1-4H3,(H,57,58). The Bertz CT molecular complexity index is 2820. The summed E-state index contributed by atoms with van der Waals surface area (Å²) in [6.07, 6.45) is 8.60. The number of nitrogens with zero attached hydrogens (tertiary/aromatic N) is 4. The summed E-state index contributed by atoms with van der Waals surface area (Å²) in [5.74, 6) is -1.29. The van der Waals surface area contributed by atoms with E-state index in [4.69, 9.17) is 15.4 Å². The van der Waals surface area contributed by atoms with Crippen molar-refractivity contribution in [1.82, 2.24) is 0 Å². The molecule has 5 aromatic carbocycles. The predicted octanol–water partition coefficient (Wildman–Crippen LogP) is 11.7. The summed E-state index contributed by atoms with van der Waals surface area (Å²) in [5, 5.41) is 11.1. The number of hydrogen-bond acceptors (Lipinski definition) is 8. The largest absolute Gasteiger partial charge is 0.486 e. The quantitative estimate of drug-likeness (QED) is 0.0613. The third kappa shape index (κ3) is 9.43. The van der Waals surface area contributed by atoms with Gasteiger partial charge in [-0.15, -0.1) is 0 Å². The zero-order valence-corrected chi connectivity index (χ0v) is 35.0. The molecular weight excluding hydrogens is 777 g/mol. The molecule has 10 heteroatoms. The highest BCUT2D eigenvalue weighted by molar-refractivity contribution is 5.94. The van der Waals surface area contributed by atoms with E-state index in [1.165, 1.54) is 6.08 Å². The molecule has 0 fully saturated rings. The van der Waals surface area contributed by atoms with Gasteiger partial charge in [-0.2, -0.15) is 0 Å². The molecule has 0 aliphatic rings. The number of anilines is 5. The first kappa shape index (κ1) is 42.2. The lowest BCUT2D eigenvalue weighted by molar-refractivity contribution is -0.132. The molecule has 0 amide bonds. The Morgan fingerprint density at radius 1 is 0.548 bits per heavy atom. The molecule has 2 aromatic heterocycles. The van der Waals surface area contributed by atoms with Crippen LogP contribution in [-0.2, 0) is 4.79 Å². The van der Waals surface area contributed by atoms with Gasteiger partial charge in [-0.1, -0.05) is 48.6 Å². The molecule has 62 heavy (non-hydrogen) atoms. The zero-order valence-electron chi connectivity index (χ0n) is 35.0. The summed E-state index contributed by atoms with van der Waals surface area (Å²) in [6, 6.07) is 38.5. The van der Waals surface area contributed by atoms with Crippen molar-refractivity contribution in [2.75, 3.05) is 40.9 Å². The van der Waals surface area contributed by atoms with Gasteiger partial charge in [0, 0.05) is 77.5 Å². The molecule has 2 heterocycles. The van der Waals surface area contributed by atoms with Gasteiger partial charge in [-0.3, -0.25) is 4.79 Å². The minimum Gasteiger partial charge on any atom is -0.486 e. The van der Waals surface area contributed by atoms with Crippen LogP contribution in [-0.4, -0.2) is 37.3 Å². The van der Waals surface area contributed by atoms with Gasteiger partial charge >= 0.3 is 17.2 Å². The third-order valence-electron chi connectivity index (χ3n) is 10.8. The van der Waals surface area contributed by atoms with Crippen LogP contribution in [0, 0.1) is 6.57 Å². The first-order chi connectivity index (χ1) is 30.1. The van der Waals surface area contributed by atoms with Crippen LogP contribution in [0.1, 0.15) is 55.5 Å². The Labute approximate surface area is 360 Å². The normalized spacial score (nSPS) is 11.7. The fourth-order valence-corrected chi connectivity index (χ4v) is 7.34. The lowest BCUT2D eigenvalue weighted by atomic mass is 10.1. The van der Waals surface area contributed by atoms with Crippen molar-refractivity contribution in [2.45, 2.75) is 27.7 Å². The first-order valence-electron chi connectivity index (χ1n) is 20.6. The van der Waals surface area contributed by atoms with Gasteiger partial charge in [0.15, 0.2) is 0 Å². The van der Waals surface area contributed by atoms with E-state index in [0.717, 1.165) is 76.5 Å². The van der Waals surface area contributed by atoms with Crippen molar-refractivity contribution in [3.63, 3.8) is 0 Å². The summed E-state index contributed by atoms with van der Waals surface area (Å²) < 4.78 is 11.5. The van der Waals surface area contributed by atoms with Crippen LogP contribution in [0.3, 0.4) is 0 Å². The number of hydrogen-bond donors (Lipinski definition) is 1. The van der Waals surface area contributed by atoms with Gasteiger partial charge in [-0.05, 0) is 135 Å². The maximum Gasteiger partial charge on any atom is 0.343 e. The van der Waals surface area contributed by atoms with Crippen LogP contribution in [0.15, 0.2) is 145 Å². The minimum absolute atomic E-state index is 0.376. The second-order valence-corrected chi connectivity index (χ2v) is 14.5. The second-order valence-electron chi connectivity index (χ2n) is 14.5. The summed E-state index contributed by atoms with van der Waals surface area (Å²) in [4.78, 5) is 47.1. The van der Waals surface area contributed by atoms with Crippen LogP contribution in [0.5, 0.6) is 0 Å². The monoisotopic (exact) mass is 822 g/mol. The molecule has 7 aromatic rings. The Balaban J connectivity index is 1.16. The second kappa shape index (κ2) is 19.0. The van der Waals surface area contributed by atoms with Crippen LogP contribution < -0.4 is 26.0 Å². The Kier molecular flexibility index (Phi) is 12.9. The molecule has 310 valence electrons. The molecule has 0 saturated carbocycles. The number of carbonyl (C=O) groups is 1. The lowest BCUT2D eigenvalue weighted by Gasteiger charge is -2.26. The first-order valence-corrected chi connectivity index (χ1v) is 20.6. The van der Waals surface area contributed by atoms with Gasteiger partial charge in [-0.25, -0.2) is 14.4 Å². The Hall–Kier alpha value is -7.90. The number of aliphatic carboxylic acids is 1. The summed E-state index contributed by atoms with van der Waals surface area (Å²) >= 11 is 0. The van der Waals surface area contributed by atoms with Crippen LogP contribution in [0.25, 0.3) is 57.2 Å². The maximum atomic E-state index is 13.0. The van der Waals surface area contributed by atoms with E-state index in [1.54, 1.807) is 24.3 Å². The van der Waals surface area contributed by atoms with E-state index in [0.29, 0.717) is 27.9 Å². The molecule has 0 atom stereocenters. The minimum atomic E-state index is -1.29. The van der Waals surface area contributed by atoms with Crippen molar-refractivity contribution in [2.24, 2.45) is 0 Å². The van der Waals surface area contributed by atoms with Gasteiger partial charge < -0.3 is 28.6 Å². The van der Waals surface area contributed by atoms with Gasteiger partial charge in [0.1, 0.15) is 11.2 Å². The lowest BCUT2D eigenvalue weighted by Crippen LogP contribution is -2.21. The third-order valence-corrected chi connectivity index (χ3v) is 10.8. The van der Waals surface area contributed by atoms with Gasteiger partial charge in [0.05, 0.1) is 17.7 Å². The van der Waals surface area contributed by atoms with E-state index in [1.807, 2.05) is 121 Å². The number of fused-ring (bicyclic) bond motifs is 2. The average molecular weight is 823 g/mol. The van der Waals surface area contributed by atoms with Crippen molar-refractivity contribution in [3.05, 3.63) is 187 Å². The molecule has 0 unspecified atom stereocenters. The molecule has 10 nitrogen and oxygen atoms in total. The fourth-order valence-electron chi connectivity index (χ4n) is 7.34. The van der Waals surface area contributed by atoms with Gasteiger partial charge in [0.2, 0.25) is 0 Å². The van der Waals surface area contributed by atoms with E-state index >= 15 is 0 Å². The summed E-state index contributed by atoms with van der Waals surface area (Å²) in [6.45, 7) is 19.0. The maximum absolute atomic E-state index is 13.0. The smallest absolute Gasteiger partial charge is 0.343 e. The highest BCUT2D eigenvalue weighted by atomic mass is 16.4. The Morgan fingerprint density at radius 3 is 1.27 bits per heavy atom. The number of benzene rings is 5. The van der Waals surface area contributed by atoms with Crippen LogP contribution in [0.2, 0.25) is 0 Å². The van der Waals surface area contributed by atoms with E-state index in [-0.39, 0.29) is 5.70 Å². The predicted molar refractivity (Wildman–Crippen MR) is 253 cm³/mol. The molecule has 0 radical (unpaired) electrons. The molecule has 0 bridgehead atoms. The number of rotatable bonds is 15. The molecular formula is C52H46N4O6. The topological polar surface area (TPSA) is 112 Å². The molecule has 1 N–H and O–H groups in total. The molecule has 7 rings (SSSR count). The zero-order chi connectivity index (χ0) is 43.8. The Morgan fingerprint density at radius 2 is 0.919 bits per heavy atom. The fraction of sp³-hybridized carbons (Fsp3) is 0.154. The van der Waals surface area contributed by atoms with Gasteiger partial charge in [0.25, 0.3) is 5.70 Å². The molecule has 0 aliphatic carbocycles. The number of carboxylic acids is 1. The summed E-state index contributed by atoms with van der Waals surface area (Å²) in [7, 11) is 0. The van der Waals surface area contributed by atoms with Crippen LogP contribution >= 0.6 is 0 Å². The highest BCUT2D eigenvalue weighted by Gasteiger charge is 2.14. The number of carboxylic acid groups (broad SMARTS) is 1. The van der Waals surface area contributed by atoms with E-state index in [9.17, 15) is 19.5 Å². The molecule has 0 aliphatic heterocycles. The van der Waals surface area contributed by atoms with E-state index < -0.39 is 17.2 Å². The highest BCUT2D eigenvalue weighted by Crippen LogP contribution is 2.36. The average Bonchev–Trinajstić information content (AvgIpc) is 3.29.